The second-order valence-electron chi connectivity index (χ2n) is 5.87. The molecule has 0 atom stereocenters. The van der Waals surface area contributed by atoms with Crippen LogP contribution >= 0.6 is 11.3 Å². The van der Waals surface area contributed by atoms with Gasteiger partial charge in [0.05, 0.1) is 11.9 Å². The van der Waals surface area contributed by atoms with E-state index in [2.05, 4.69) is 15.6 Å². The number of hydrogen-bond donors (Lipinski definition) is 3. The molecule has 2 aromatic rings. The molecule has 2 amide bonds. The van der Waals surface area contributed by atoms with Crippen molar-refractivity contribution in [1.29, 1.82) is 0 Å². The maximum atomic E-state index is 12.6. The molecule has 1 heterocycles. The molecule has 1 aliphatic rings. The van der Waals surface area contributed by atoms with E-state index in [1.807, 2.05) is 0 Å². The maximum absolute atomic E-state index is 12.6. The number of anilines is 3. The van der Waals surface area contributed by atoms with Gasteiger partial charge in [-0.05, 0) is 25.0 Å². The van der Waals surface area contributed by atoms with E-state index in [1.54, 1.807) is 24.3 Å². The zero-order valence-corrected chi connectivity index (χ0v) is 14.3. The fraction of sp³-hybridized carbons (Fsp3) is 0.294. The number of nitrogens with one attached hydrogen (secondary N) is 2. The fourth-order valence-corrected chi connectivity index (χ4v) is 3.47. The number of Topliss-reactive ketones (excluding diaryl/α,β-unsaturated/α-hetero) is 1. The number of thiazole rings is 1. The highest BCUT2D eigenvalue weighted by Crippen LogP contribution is 2.30. The minimum Gasteiger partial charge on any atom is -0.389 e. The van der Waals surface area contributed by atoms with Crippen molar-refractivity contribution in [2.45, 2.75) is 25.7 Å². The summed E-state index contributed by atoms with van der Waals surface area (Å²) in [5.41, 5.74) is 6.32. The van der Waals surface area contributed by atoms with Gasteiger partial charge in [-0.1, -0.05) is 36.3 Å². The molecular weight excluding hydrogens is 340 g/mol. The summed E-state index contributed by atoms with van der Waals surface area (Å²) in [5, 5.41) is 5.57. The predicted molar refractivity (Wildman–Crippen MR) is 96.5 cm³/mol. The molecule has 7 nitrogen and oxygen atoms in total. The van der Waals surface area contributed by atoms with Crippen LogP contribution < -0.4 is 16.4 Å². The number of amides is 2. The van der Waals surface area contributed by atoms with E-state index in [0.29, 0.717) is 16.3 Å². The smallest absolute Gasteiger partial charge is 0.315 e. The highest BCUT2D eigenvalue weighted by Gasteiger charge is 2.26. The van der Waals surface area contributed by atoms with Gasteiger partial charge in [0.1, 0.15) is 5.00 Å². The molecule has 1 fully saturated rings. The van der Waals surface area contributed by atoms with Crippen LogP contribution in [0.3, 0.4) is 0 Å². The molecule has 0 radical (unpaired) electrons. The molecule has 1 aliphatic carbocycles. The summed E-state index contributed by atoms with van der Waals surface area (Å²) in [4.78, 5) is 40.6. The van der Waals surface area contributed by atoms with Crippen LogP contribution in [0.2, 0.25) is 0 Å². The standard InChI is InChI=1S/C17H18N4O3S/c18-13-9-19-17(25-13)21-16(24)15(23)20-12-8-4-3-7-11(12)14(22)10-5-1-2-6-10/h3-4,7-10H,1-2,5-6,18H2,(H,20,23)(H,19,21,24). The predicted octanol–water partition coefficient (Wildman–Crippen LogP) is 2.68. The van der Waals surface area contributed by atoms with Gasteiger partial charge in [-0.15, -0.1) is 0 Å². The fourth-order valence-electron chi connectivity index (χ4n) is 2.89. The molecule has 4 N–H and O–H groups in total. The van der Waals surface area contributed by atoms with Crippen molar-refractivity contribution in [3.05, 3.63) is 36.0 Å². The zero-order valence-electron chi connectivity index (χ0n) is 13.5. The number of hydrogen-bond acceptors (Lipinski definition) is 6. The van der Waals surface area contributed by atoms with Crippen molar-refractivity contribution in [2.75, 3.05) is 16.4 Å². The summed E-state index contributed by atoms with van der Waals surface area (Å²) in [6.45, 7) is 0. The first-order chi connectivity index (χ1) is 12.0. The van der Waals surface area contributed by atoms with Gasteiger partial charge in [-0.3, -0.25) is 19.7 Å². The van der Waals surface area contributed by atoms with Gasteiger partial charge in [0.2, 0.25) is 0 Å². The van der Waals surface area contributed by atoms with Crippen molar-refractivity contribution in [2.24, 2.45) is 5.92 Å². The minimum absolute atomic E-state index is 0.00910. The molecule has 3 rings (SSSR count). The van der Waals surface area contributed by atoms with Crippen LogP contribution in [0.4, 0.5) is 15.8 Å². The van der Waals surface area contributed by atoms with Gasteiger partial charge in [0, 0.05) is 11.5 Å². The molecule has 25 heavy (non-hydrogen) atoms. The quantitative estimate of drug-likeness (QED) is 0.574. The van der Waals surface area contributed by atoms with E-state index in [4.69, 9.17) is 5.73 Å². The lowest BCUT2D eigenvalue weighted by Crippen LogP contribution is -2.30. The van der Waals surface area contributed by atoms with Crippen LogP contribution in [0.15, 0.2) is 30.5 Å². The highest BCUT2D eigenvalue weighted by atomic mass is 32.1. The van der Waals surface area contributed by atoms with Crippen molar-refractivity contribution < 1.29 is 14.4 Å². The highest BCUT2D eigenvalue weighted by molar-refractivity contribution is 7.19. The van der Waals surface area contributed by atoms with Crippen LogP contribution in [0.25, 0.3) is 0 Å². The second-order valence-corrected chi connectivity index (χ2v) is 6.93. The molecule has 1 saturated carbocycles. The molecule has 130 valence electrons. The Balaban J connectivity index is 1.70. The molecule has 0 saturated heterocycles. The third-order valence-corrected chi connectivity index (χ3v) is 4.86. The Bertz CT molecular complexity index is 812. The second kappa shape index (κ2) is 7.43. The van der Waals surface area contributed by atoms with Crippen LogP contribution in [0, 0.1) is 5.92 Å². The third kappa shape index (κ3) is 4.03. The summed E-state index contributed by atoms with van der Waals surface area (Å²) in [5.74, 6) is -1.72. The van der Waals surface area contributed by atoms with Crippen molar-refractivity contribution in [3.63, 3.8) is 0 Å². The zero-order chi connectivity index (χ0) is 17.8. The van der Waals surface area contributed by atoms with Gasteiger partial charge in [0.15, 0.2) is 10.9 Å². The Morgan fingerprint density at radius 2 is 1.76 bits per heavy atom. The van der Waals surface area contributed by atoms with Crippen LogP contribution in [0.1, 0.15) is 36.0 Å². The number of para-hydroxylation sites is 1. The van der Waals surface area contributed by atoms with Gasteiger partial charge < -0.3 is 11.1 Å². The van der Waals surface area contributed by atoms with Crippen LogP contribution in [-0.4, -0.2) is 22.6 Å². The van der Waals surface area contributed by atoms with E-state index < -0.39 is 11.8 Å². The number of nitrogen functional groups attached to an aromatic ring is 1. The Labute approximate surface area is 148 Å². The van der Waals surface area contributed by atoms with E-state index >= 15 is 0 Å². The summed E-state index contributed by atoms with van der Waals surface area (Å²) in [6, 6.07) is 6.75. The molecule has 1 aromatic carbocycles. The number of nitrogens with two attached hydrogens (primary N) is 1. The number of nitrogens with zero attached hydrogens (tertiary/aromatic N) is 1. The van der Waals surface area contributed by atoms with E-state index in [0.717, 1.165) is 37.0 Å². The summed E-state index contributed by atoms with van der Waals surface area (Å²) in [7, 11) is 0. The molecule has 1 aromatic heterocycles. The monoisotopic (exact) mass is 358 g/mol. The van der Waals surface area contributed by atoms with E-state index in [1.165, 1.54) is 6.20 Å². The molecule has 0 spiro atoms. The number of carbonyl (C=O) groups excluding carboxylic acids is 3. The van der Waals surface area contributed by atoms with Crippen LogP contribution in [0.5, 0.6) is 0 Å². The number of aromatic nitrogens is 1. The molecule has 0 bridgehead atoms. The summed E-state index contributed by atoms with van der Waals surface area (Å²) < 4.78 is 0. The lowest BCUT2D eigenvalue weighted by atomic mass is 9.95. The minimum atomic E-state index is -0.863. The van der Waals surface area contributed by atoms with Crippen molar-refractivity contribution >= 4 is 44.8 Å². The average molecular weight is 358 g/mol. The van der Waals surface area contributed by atoms with Gasteiger partial charge in [-0.25, -0.2) is 4.98 Å². The first-order valence-corrected chi connectivity index (χ1v) is 8.83. The number of ketones is 1. The SMILES string of the molecule is Nc1cnc(NC(=O)C(=O)Nc2ccccc2C(=O)C2CCCC2)s1. The number of benzene rings is 1. The number of carbonyl (C=O) groups is 3. The Morgan fingerprint density at radius 3 is 2.44 bits per heavy atom. The first kappa shape index (κ1) is 17.1. The van der Waals surface area contributed by atoms with Gasteiger partial charge in [0.25, 0.3) is 0 Å². The number of rotatable bonds is 4. The van der Waals surface area contributed by atoms with Crippen molar-refractivity contribution in [3.8, 4) is 0 Å². The van der Waals surface area contributed by atoms with Gasteiger partial charge in [-0.2, -0.15) is 0 Å². The summed E-state index contributed by atoms with van der Waals surface area (Å²) in [6.07, 6.45) is 5.22. The van der Waals surface area contributed by atoms with Crippen molar-refractivity contribution in [1.82, 2.24) is 4.98 Å². The van der Waals surface area contributed by atoms with E-state index in [9.17, 15) is 14.4 Å². The Kier molecular flexibility index (Phi) is 5.08. The topological polar surface area (TPSA) is 114 Å². The first-order valence-electron chi connectivity index (χ1n) is 8.01. The maximum Gasteiger partial charge on any atom is 0.315 e. The Morgan fingerprint density at radius 1 is 1.08 bits per heavy atom. The van der Waals surface area contributed by atoms with E-state index in [-0.39, 0.29) is 16.8 Å². The Hall–Kier alpha value is -2.74. The molecular formula is C17H18N4O3S. The average Bonchev–Trinajstić information content (AvgIpc) is 3.26. The lowest BCUT2D eigenvalue weighted by Gasteiger charge is -2.13. The lowest BCUT2D eigenvalue weighted by molar-refractivity contribution is -0.133. The normalized spacial score (nSPS) is 14.2. The van der Waals surface area contributed by atoms with Crippen LogP contribution in [-0.2, 0) is 9.59 Å². The molecule has 8 heteroatoms. The molecule has 0 aliphatic heterocycles. The van der Waals surface area contributed by atoms with Gasteiger partial charge >= 0.3 is 11.8 Å². The summed E-state index contributed by atoms with van der Waals surface area (Å²) >= 11 is 1.07. The third-order valence-electron chi connectivity index (χ3n) is 4.12. The largest absolute Gasteiger partial charge is 0.389 e. The molecule has 0 unspecified atom stereocenters.